The standard InChI is InChI=1S/C17H18FN3/c1-12-4-2-3-5-15(12)16-11-21(19)17(20-16)10-13-6-8-14(18)9-7-13/h2-9,16H,10-11,19H2,1H3. The molecule has 21 heavy (non-hydrogen) atoms. The fraction of sp³-hybridized carbons (Fsp3) is 0.235. The highest BCUT2D eigenvalue weighted by Crippen LogP contribution is 2.26. The maximum atomic E-state index is 12.9. The van der Waals surface area contributed by atoms with E-state index in [4.69, 9.17) is 10.8 Å². The molecule has 0 saturated heterocycles. The summed E-state index contributed by atoms with van der Waals surface area (Å²) in [6.07, 6.45) is 0.624. The number of aryl methyl sites for hydroxylation is 1. The number of benzene rings is 2. The molecule has 2 aromatic carbocycles. The van der Waals surface area contributed by atoms with E-state index in [9.17, 15) is 4.39 Å². The van der Waals surface area contributed by atoms with Crippen molar-refractivity contribution in [2.24, 2.45) is 10.8 Å². The minimum atomic E-state index is -0.227. The molecule has 0 aromatic heterocycles. The third-order valence-electron chi connectivity index (χ3n) is 3.83. The van der Waals surface area contributed by atoms with E-state index >= 15 is 0 Å². The molecule has 1 unspecified atom stereocenters. The van der Waals surface area contributed by atoms with Gasteiger partial charge >= 0.3 is 0 Å². The van der Waals surface area contributed by atoms with Gasteiger partial charge in [-0.05, 0) is 35.7 Å². The Hall–Kier alpha value is -2.20. The van der Waals surface area contributed by atoms with E-state index in [0.717, 1.165) is 11.4 Å². The summed E-state index contributed by atoms with van der Waals surface area (Å²) < 4.78 is 12.9. The second-order valence-electron chi connectivity index (χ2n) is 5.37. The Morgan fingerprint density at radius 2 is 1.90 bits per heavy atom. The minimum absolute atomic E-state index is 0.0756. The van der Waals surface area contributed by atoms with Crippen molar-refractivity contribution in [3.8, 4) is 0 Å². The quantitative estimate of drug-likeness (QED) is 0.880. The molecule has 1 atom stereocenters. The third kappa shape index (κ3) is 2.95. The van der Waals surface area contributed by atoms with Crippen molar-refractivity contribution < 1.29 is 4.39 Å². The summed E-state index contributed by atoms with van der Waals surface area (Å²) in [4.78, 5) is 4.74. The first-order valence-corrected chi connectivity index (χ1v) is 7.02. The zero-order valence-corrected chi connectivity index (χ0v) is 12.0. The summed E-state index contributed by atoms with van der Waals surface area (Å²) in [5.74, 6) is 6.68. The van der Waals surface area contributed by atoms with Crippen LogP contribution in [0.4, 0.5) is 4.39 Å². The van der Waals surface area contributed by atoms with Gasteiger partial charge in [0.25, 0.3) is 0 Å². The van der Waals surface area contributed by atoms with Gasteiger partial charge in [-0.25, -0.2) is 10.2 Å². The molecule has 4 heteroatoms. The molecule has 1 heterocycles. The van der Waals surface area contributed by atoms with Gasteiger partial charge in [-0.3, -0.25) is 10.0 Å². The Morgan fingerprint density at radius 3 is 2.62 bits per heavy atom. The minimum Gasteiger partial charge on any atom is -0.296 e. The first-order valence-electron chi connectivity index (χ1n) is 7.02. The molecule has 1 aliphatic heterocycles. The van der Waals surface area contributed by atoms with E-state index < -0.39 is 0 Å². The smallest absolute Gasteiger partial charge is 0.123 e. The molecular formula is C17H18FN3. The van der Waals surface area contributed by atoms with Crippen LogP contribution in [0.3, 0.4) is 0 Å². The van der Waals surface area contributed by atoms with Crippen molar-refractivity contribution in [3.63, 3.8) is 0 Å². The monoisotopic (exact) mass is 283 g/mol. The van der Waals surface area contributed by atoms with Gasteiger partial charge in [-0.1, -0.05) is 36.4 Å². The molecule has 0 fully saturated rings. The number of nitrogens with two attached hydrogens (primary N) is 1. The fourth-order valence-electron chi connectivity index (χ4n) is 2.65. The molecule has 0 radical (unpaired) electrons. The molecule has 0 bridgehead atoms. The highest BCUT2D eigenvalue weighted by atomic mass is 19.1. The van der Waals surface area contributed by atoms with E-state index in [1.807, 2.05) is 12.1 Å². The lowest BCUT2D eigenvalue weighted by Gasteiger charge is -2.15. The van der Waals surface area contributed by atoms with Crippen molar-refractivity contribution in [1.29, 1.82) is 0 Å². The SMILES string of the molecule is Cc1ccccc1C1CN(N)C(Cc2ccc(F)cc2)=N1. The molecule has 108 valence electrons. The summed E-state index contributed by atoms with van der Waals surface area (Å²) in [7, 11) is 0. The Labute approximate surface area is 123 Å². The van der Waals surface area contributed by atoms with E-state index in [2.05, 4.69) is 19.1 Å². The van der Waals surface area contributed by atoms with Crippen molar-refractivity contribution in [2.45, 2.75) is 19.4 Å². The van der Waals surface area contributed by atoms with Crippen LogP contribution in [0.5, 0.6) is 0 Å². The fourth-order valence-corrected chi connectivity index (χ4v) is 2.65. The zero-order chi connectivity index (χ0) is 14.8. The highest BCUT2D eigenvalue weighted by Gasteiger charge is 2.25. The van der Waals surface area contributed by atoms with E-state index in [0.29, 0.717) is 13.0 Å². The number of nitrogens with zero attached hydrogens (tertiary/aromatic N) is 2. The van der Waals surface area contributed by atoms with Crippen LogP contribution in [-0.2, 0) is 6.42 Å². The van der Waals surface area contributed by atoms with Crippen LogP contribution in [0, 0.1) is 12.7 Å². The zero-order valence-electron chi connectivity index (χ0n) is 12.0. The molecule has 1 aliphatic rings. The average Bonchev–Trinajstić information content (AvgIpc) is 2.83. The first-order chi connectivity index (χ1) is 10.1. The average molecular weight is 283 g/mol. The van der Waals surface area contributed by atoms with Gasteiger partial charge in [0.15, 0.2) is 0 Å². The Kier molecular flexibility index (Phi) is 3.71. The van der Waals surface area contributed by atoms with Gasteiger partial charge in [0.2, 0.25) is 0 Å². The lowest BCUT2D eigenvalue weighted by Crippen LogP contribution is -2.35. The molecule has 0 amide bonds. The largest absolute Gasteiger partial charge is 0.296 e. The Balaban J connectivity index is 1.81. The van der Waals surface area contributed by atoms with Crippen molar-refractivity contribution >= 4 is 5.84 Å². The molecule has 0 aliphatic carbocycles. The van der Waals surface area contributed by atoms with Gasteiger partial charge in [-0.15, -0.1) is 0 Å². The van der Waals surface area contributed by atoms with Crippen LogP contribution < -0.4 is 5.84 Å². The Morgan fingerprint density at radius 1 is 1.19 bits per heavy atom. The predicted octanol–water partition coefficient (Wildman–Crippen LogP) is 3.01. The van der Waals surface area contributed by atoms with Crippen molar-refractivity contribution in [1.82, 2.24) is 5.01 Å². The molecule has 0 spiro atoms. The lowest BCUT2D eigenvalue weighted by atomic mass is 10.0. The van der Waals surface area contributed by atoms with Gasteiger partial charge in [0.1, 0.15) is 11.7 Å². The van der Waals surface area contributed by atoms with Crippen LogP contribution in [0.1, 0.15) is 22.7 Å². The van der Waals surface area contributed by atoms with Gasteiger partial charge in [-0.2, -0.15) is 0 Å². The van der Waals surface area contributed by atoms with Gasteiger partial charge < -0.3 is 0 Å². The number of hydrazine groups is 1. The van der Waals surface area contributed by atoms with Crippen molar-refractivity contribution in [2.75, 3.05) is 6.54 Å². The third-order valence-corrected chi connectivity index (χ3v) is 3.83. The molecule has 3 nitrogen and oxygen atoms in total. The van der Waals surface area contributed by atoms with Crippen LogP contribution in [-0.4, -0.2) is 17.4 Å². The number of aliphatic imine (C=N–C) groups is 1. The number of hydrogen-bond donors (Lipinski definition) is 1. The summed E-state index contributed by atoms with van der Waals surface area (Å²) in [6.45, 7) is 2.77. The second kappa shape index (κ2) is 5.66. The van der Waals surface area contributed by atoms with Crippen LogP contribution in [0.2, 0.25) is 0 Å². The summed E-state index contributed by atoms with van der Waals surface area (Å²) in [5.41, 5.74) is 3.45. The predicted molar refractivity (Wildman–Crippen MR) is 82.4 cm³/mol. The molecule has 0 saturated carbocycles. The van der Waals surface area contributed by atoms with Gasteiger partial charge in [0, 0.05) is 6.42 Å². The highest BCUT2D eigenvalue weighted by molar-refractivity contribution is 5.85. The lowest BCUT2D eigenvalue weighted by molar-refractivity contribution is 0.442. The topological polar surface area (TPSA) is 41.6 Å². The normalized spacial score (nSPS) is 18.0. The van der Waals surface area contributed by atoms with Crippen LogP contribution >= 0.6 is 0 Å². The number of halogens is 1. The van der Waals surface area contributed by atoms with E-state index in [1.54, 1.807) is 17.1 Å². The Bertz CT molecular complexity index is 664. The van der Waals surface area contributed by atoms with Crippen molar-refractivity contribution in [3.05, 3.63) is 71.0 Å². The maximum absolute atomic E-state index is 12.9. The number of amidine groups is 1. The van der Waals surface area contributed by atoms with Crippen LogP contribution in [0.15, 0.2) is 53.5 Å². The molecule has 2 aromatic rings. The molecule has 3 rings (SSSR count). The molecule has 2 N–H and O–H groups in total. The summed E-state index contributed by atoms with van der Waals surface area (Å²) >= 11 is 0. The number of hydrogen-bond acceptors (Lipinski definition) is 3. The second-order valence-corrected chi connectivity index (χ2v) is 5.37. The number of rotatable bonds is 3. The van der Waals surface area contributed by atoms with E-state index in [-0.39, 0.29) is 11.9 Å². The first kappa shape index (κ1) is 13.8. The van der Waals surface area contributed by atoms with Gasteiger partial charge in [0.05, 0.1) is 12.6 Å². The molecular weight excluding hydrogens is 265 g/mol. The maximum Gasteiger partial charge on any atom is 0.123 e. The summed E-state index contributed by atoms with van der Waals surface area (Å²) in [5, 5.41) is 1.69. The van der Waals surface area contributed by atoms with Crippen LogP contribution in [0.25, 0.3) is 0 Å². The summed E-state index contributed by atoms with van der Waals surface area (Å²) in [6, 6.07) is 14.8. The van der Waals surface area contributed by atoms with E-state index in [1.165, 1.54) is 23.3 Å².